The molecule has 0 fully saturated rings. The first-order chi connectivity index (χ1) is 13.3. The molecule has 0 heterocycles. The molecule has 0 aromatic heterocycles. The average molecular weight is 386 g/mol. The van der Waals surface area contributed by atoms with Gasteiger partial charge in [-0.05, 0) is 49.4 Å². The summed E-state index contributed by atoms with van der Waals surface area (Å²) >= 11 is 0. The summed E-state index contributed by atoms with van der Waals surface area (Å²) in [6, 6.07) is 10.5. The third-order valence-corrected chi connectivity index (χ3v) is 3.75. The lowest BCUT2D eigenvalue weighted by Gasteiger charge is -2.21. The number of carbonyl (C=O) groups is 3. The predicted octanol–water partition coefficient (Wildman–Crippen LogP) is 2.57. The van der Waals surface area contributed by atoms with Gasteiger partial charge in [-0.1, -0.05) is 0 Å². The molecule has 0 saturated heterocycles. The number of rotatable bonds is 7. The number of ether oxygens (including phenoxy) is 2. The molecule has 2 rings (SSSR count). The summed E-state index contributed by atoms with van der Waals surface area (Å²) in [7, 11) is 1.50. The number of benzene rings is 2. The molecule has 0 atom stereocenters. The van der Waals surface area contributed by atoms with Crippen LogP contribution in [0.1, 0.15) is 24.2 Å². The number of hydrogen-bond acceptors (Lipinski definition) is 6. The van der Waals surface area contributed by atoms with Crippen LogP contribution in [0.5, 0.6) is 11.5 Å². The van der Waals surface area contributed by atoms with Gasteiger partial charge in [0.25, 0.3) is 5.91 Å². The summed E-state index contributed by atoms with van der Waals surface area (Å²) in [6.45, 7) is 2.95. The monoisotopic (exact) mass is 386 g/mol. The van der Waals surface area contributed by atoms with Gasteiger partial charge in [0.1, 0.15) is 11.5 Å². The highest BCUT2D eigenvalue weighted by molar-refractivity contribution is 6.04. The lowest BCUT2D eigenvalue weighted by atomic mass is 10.1. The maximum atomic E-state index is 12.6. The highest BCUT2D eigenvalue weighted by atomic mass is 16.5. The Labute approximate surface area is 162 Å². The molecule has 148 valence electrons. The first-order valence-corrected chi connectivity index (χ1v) is 8.59. The van der Waals surface area contributed by atoms with Gasteiger partial charge < -0.3 is 24.8 Å². The number of esters is 1. The summed E-state index contributed by atoms with van der Waals surface area (Å²) in [5.41, 5.74) is 0.912. The molecule has 2 N–H and O–H groups in total. The van der Waals surface area contributed by atoms with Gasteiger partial charge in [-0.15, -0.1) is 0 Å². The predicted molar refractivity (Wildman–Crippen MR) is 104 cm³/mol. The number of aromatic hydroxyl groups is 1. The number of carbonyl (C=O) groups excluding carboxylic acids is 3. The van der Waals surface area contributed by atoms with E-state index in [0.717, 1.165) is 0 Å². The Bertz CT molecular complexity index is 863. The molecule has 0 unspecified atom stereocenters. The fraction of sp³-hybridized carbons (Fsp3) is 0.250. The second-order valence-corrected chi connectivity index (χ2v) is 5.87. The fourth-order valence-electron chi connectivity index (χ4n) is 2.39. The molecule has 2 aromatic carbocycles. The van der Waals surface area contributed by atoms with E-state index in [1.165, 1.54) is 55.3 Å². The first-order valence-electron chi connectivity index (χ1n) is 8.59. The number of anilines is 2. The van der Waals surface area contributed by atoms with Gasteiger partial charge in [0.15, 0.2) is 6.61 Å². The van der Waals surface area contributed by atoms with Crippen LogP contribution in [0, 0.1) is 0 Å². The van der Waals surface area contributed by atoms with Crippen molar-refractivity contribution in [2.75, 3.05) is 30.5 Å². The Balaban J connectivity index is 2.22. The Morgan fingerprint density at radius 2 is 1.79 bits per heavy atom. The Morgan fingerprint density at radius 1 is 1.11 bits per heavy atom. The van der Waals surface area contributed by atoms with E-state index in [-0.39, 0.29) is 36.1 Å². The molecule has 0 aliphatic heterocycles. The number of nitrogens with zero attached hydrogens (tertiary/aromatic N) is 1. The molecule has 0 aliphatic carbocycles. The highest BCUT2D eigenvalue weighted by Gasteiger charge is 2.21. The van der Waals surface area contributed by atoms with Crippen LogP contribution < -0.4 is 15.0 Å². The third kappa shape index (κ3) is 5.47. The zero-order valence-electron chi connectivity index (χ0n) is 15.9. The van der Waals surface area contributed by atoms with E-state index >= 15 is 0 Å². The van der Waals surface area contributed by atoms with E-state index < -0.39 is 11.9 Å². The third-order valence-electron chi connectivity index (χ3n) is 3.75. The van der Waals surface area contributed by atoms with Crippen LogP contribution in [0.25, 0.3) is 0 Å². The number of nitrogens with one attached hydrogen (secondary N) is 1. The molecule has 0 saturated carbocycles. The van der Waals surface area contributed by atoms with Crippen molar-refractivity contribution in [3.63, 3.8) is 0 Å². The molecule has 8 nitrogen and oxygen atoms in total. The Morgan fingerprint density at radius 3 is 2.39 bits per heavy atom. The lowest BCUT2D eigenvalue weighted by molar-refractivity contribution is -0.120. The minimum Gasteiger partial charge on any atom is -0.508 e. The van der Waals surface area contributed by atoms with Crippen molar-refractivity contribution < 1.29 is 29.0 Å². The van der Waals surface area contributed by atoms with Crippen LogP contribution in [0.3, 0.4) is 0 Å². The lowest BCUT2D eigenvalue weighted by Crippen LogP contribution is -2.32. The van der Waals surface area contributed by atoms with Crippen molar-refractivity contribution in [3.8, 4) is 11.5 Å². The van der Waals surface area contributed by atoms with Crippen molar-refractivity contribution in [2.24, 2.45) is 0 Å². The van der Waals surface area contributed by atoms with E-state index in [9.17, 15) is 19.5 Å². The summed E-state index contributed by atoms with van der Waals surface area (Å²) in [4.78, 5) is 37.4. The van der Waals surface area contributed by atoms with Gasteiger partial charge in [0, 0.05) is 19.7 Å². The molecular weight excluding hydrogens is 364 g/mol. The first kappa shape index (κ1) is 20.8. The molecule has 2 amide bonds. The van der Waals surface area contributed by atoms with Crippen molar-refractivity contribution in [2.45, 2.75) is 13.8 Å². The van der Waals surface area contributed by atoms with Crippen molar-refractivity contribution >= 4 is 29.2 Å². The van der Waals surface area contributed by atoms with Gasteiger partial charge >= 0.3 is 5.97 Å². The molecule has 0 bridgehead atoms. The molecule has 8 heteroatoms. The van der Waals surface area contributed by atoms with Crippen LogP contribution >= 0.6 is 0 Å². The van der Waals surface area contributed by atoms with Crippen molar-refractivity contribution in [1.29, 1.82) is 0 Å². The quantitative estimate of drug-likeness (QED) is 0.709. The van der Waals surface area contributed by atoms with E-state index in [4.69, 9.17) is 9.47 Å². The fourth-order valence-corrected chi connectivity index (χ4v) is 2.39. The topological polar surface area (TPSA) is 105 Å². The number of hydrogen-bond donors (Lipinski definition) is 2. The van der Waals surface area contributed by atoms with Crippen LogP contribution in [0.4, 0.5) is 11.4 Å². The average Bonchev–Trinajstić information content (AvgIpc) is 2.66. The van der Waals surface area contributed by atoms with Crippen molar-refractivity contribution in [3.05, 3.63) is 48.0 Å². The van der Waals surface area contributed by atoms with Gasteiger partial charge in [-0.3, -0.25) is 9.59 Å². The zero-order valence-corrected chi connectivity index (χ0v) is 15.9. The Kier molecular flexibility index (Phi) is 6.97. The number of likely N-dealkylation sites (N-methyl/N-ethyl adjacent to an activating group) is 1. The molecule has 0 radical (unpaired) electrons. The van der Waals surface area contributed by atoms with Crippen LogP contribution in [0.2, 0.25) is 0 Å². The van der Waals surface area contributed by atoms with E-state index in [1.807, 2.05) is 0 Å². The maximum Gasteiger partial charge on any atom is 0.340 e. The normalized spacial score (nSPS) is 10.1. The van der Waals surface area contributed by atoms with Gasteiger partial charge in [0.05, 0.1) is 17.9 Å². The van der Waals surface area contributed by atoms with Crippen molar-refractivity contribution in [1.82, 2.24) is 0 Å². The Hall–Kier alpha value is -3.55. The molecule has 28 heavy (non-hydrogen) atoms. The SMILES string of the molecule is CCOC(=O)c1ccc(NC(C)=O)cc1N(C)C(=O)COc1ccc(O)cc1. The van der Waals surface area contributed by atoms with E-state index in [2.05, 4.69) is 5.32 Å². The standard InChI is InChI=1S/C20H22N2O6/c1-4-27-20(26)17-10-5-14(21-13(2)23)11-18(17)22(3)19(25)12-28-16-8-6-15(24)7-9-16/h5-11,24H,4,12H2,1-3H3,(H,21,23). The number of phenols is 1. The second-order valence-electron chi connectivity index (χ2n) is 5.87. The van der Waals surface area contributed by atoms with Gasteiger partial charge in [-0.2, -0.15) is 0 Å². The van der Waals surface area contributed by atoms with Gasteiger partial charge in [0.2, 0.25) is 5.91 Å². The molecule has 0 aliphatic rings. The van der Waals surface area contributed by atoms with Crippen LogP contribution in [-0.2, 0) is 14.3 Å². The largest absolute Gasteiger partial charge is 0.508 e. The maximum absolute atomic E-state index is 12.6. The van der Waals surface area contributed by atoms with Crippen LogP contribution in [-0.4, -0.2) is 43.2 Å². The van der Waals surface area contributed by atoms with E-state index in [1.54, 1.807) is 13.0 Å². The smallest absolute Gasteiger partial charge is 0.340 e. The highest BCUT2D eigenvalue weighted by Crippen LogP contribution is 2.26. The molecule has 0 spiro atoms. The number of phenolic OH excluding ortho intramolecular Hbond substituents is 1. The summed E-state index contributed by atoms with van der Waals surface area (Å²) in [5.74, 6) is -0.772. The molecule has 2 aromatic rings. The van der Waals surface area contributed by atoms with Gasteiger partial charge in [-0.25, -0.2) is 4.79 Å². The van der Waals surface area contributed by atoms with E-state index in [0.29, 0.717) is 11.4 Å². The molecular formula is C20H22N2O6. The zero-order chi connectivity index (χ0) is 20.7. The minimum absolute atomic E-state index is 0.0876. The summed E-state index contributed by atoms with van der Waals surface area (Å²) in [6.07, 6.45) is 0. The number of amides is 2. The summed E-state index contributed by atoms with van der Waals surface area (Å²) in [5, 5.41) is 11.9. The summed E-state index contributed by atoms with van der Waals surface area (Å²) < 4.78 is 10.5. The second kappa shape index (κ2) is 9.40. The van der Waals surface area contributed by atoms with Crippen LogP contribution in [0.15, 0.2) is 42.5 Å². The minimum atomic E-state index is -0.578.